The maximum Gasteiger partial charge on any atom is 0.00192 e. The summed E-state index contributed by atoms with van der Waals surface area (Å²) in [5, 5.41) is 3.69. The number of rotatable bonds is 4. The van der Waals surface area contributed by atoms with Crippen molar-refractivity contribution in [2.24, 2.45) is 11.8 Å². The fourth-order valence-electron chi connectivity index (χ4n) is 2.95. The van der Waals surface area contributed by atoms with Gasteiger partial charge in [0.05, 0.1) is 0 Å². The monoisotopic (exact) mass is 225 g/mol. The number of nitrogens with zero attached hydrogens (tertiary/aromatic N) is 2. The second-order valence-corrected chi connectivity index (χ2v) is 5.82. The molecule has 3 heteroatoms. The Kier molecular flexibility index (Phi) is 4.62. The van der Waals surface area contributed by atoms with Crippen molar-refractivity contribution in [1.29, 1.82) is 0 Å². The van der Waals surface area contributed by atoms with Crippen molar-refractivity contribution in [3.05, 3.63) is 0 Å². The lowest BCUT2D eigenvalue weighted by Gasteiger charge is -2.29. The van der Waals surface area contributed by atoms with Gasteiger partial charge >= 0.3 is 0 Å². The average molecular weight is 225 g/mol. The quantitative estimate of drug-likeness (QED) is 0.766. The van der Waals surface area contributed by atoms with Crippen LogP contribution in [0, 0.1) is 11.8 Å². The van der Waals surface area contributed by atoms with Crippen molar-refractivity contribution in [3.8, 4) is 0 Å². The molecule has 1 atom stereocenters. The summed E-state index contributed by atoms with van der Waals surface area (Å²) in [6, 6.07) is 0. The predicted molar refractivity (Wildman–Crippen MR) is 68.7 cm³/mol. The minimum Gasteiger partial charge on any atom is -0.316 e. The summed E-state index contributed by atoms with van der Waals surface area (Å²) in [5.41, 5.74) is 0. The zero-order valence-corrected chi connectivity index (χ0v) is 10.9. The number of hydrogen-bond donors (Lipinski definition) is 1. The molecule has 1 N–H and O–H groups in total. The van der Waals surface area contributed by atoms with Gasteiger partial charge in [0.25, 0.3) is 0 Å². The van der Waals surface area contributed by atoms with Gasteiger partial charge in [-0.15, -0.1) is 0 Å². The summed E-state index contributed by atoms with van der Waals surface area (Å²) in [4.78, 5) is 4.89. The van der Waals surface area contributed by atoms with Crippen LogP contribution in [0.5, 0.6) is 0 Å². The van der Waals surface area contributed by atoms with Gasteiger partial charge in [-0.05, 0) is 77.9 Å². The molecule has 1 unspecified atom stereocenters. The van der Waals surface area contributed by atoms with Crippen LogP contribution >= 0.6 is 0 Å². The van der Waals surface area contributed by atoms with E-state index in [1.807, 2.05) is 0 Å². The number of piperidine rings is 1. The average Bonchev–Trinajstić information content (AvgIpc) is 2.67. The molecule has 2 fully saturated rings. The summed E-state index contributed by atoms with van der Waals surface area (Å²) in [5.74, 6) is 1.83. The van der Waals surface area contributed by atoms with Crippen LogP contribution in [0.4, 0.5) is 0 Å². The van der Waals surface area contributed by atoms with Gasteiger partial charge in [0.2, 0.25) is 0 Å². The lowest BCUT2D eigenvalue weighted by atomic mass is 9.97. The van der Waals surface area contributed by atoms with E-state index in [1.165, 1.54) is 58.5 Å². The van der Waals surface area contributed by atoms with Crippen LogP contribution < -0.4 is 5.32 Å². The maximum atomic E-state index is 3.69. The zero-order valence-electron chi connectivity index (χ0n) is 10.9. The van der Waals surface area contributed by atoms with Crippen molar-refractivity contribution in [2.45, 2.75) is 19.3 Å². The van der Waals surface area contributed by atoms with Crippen LogP contribution in [0.15, 0.2) is 0 Å². The molecule has 0 bridgehead atoms. The van der Waals surface area contributed by atoms with Crippen LogP contribution in [0.3, 0.4) is 0 Å². The van der Waals surface area contributed by atoms with E-state index < -0.39 is 0 Å². The summed E-state index contributed by atoms with van der Waals surface area (Å²) >= 11 is 0. The van der Waals surface area contributed by atoms with E-state index in [-0.39, 0.29) is 0 Å². The van der Waals surface area contributed by atoms with E-state index in [0.717, 1.165) is 11.8 Å². The molecule has 0 amide bonds. The molecule has 0 aliphatic carbocycles. The van der Waals surface area contributed by atoms with Gasteiger partial charge < -0.3 is 15.1 Å². The molecule has 0 spiro atoms. The van der Waals surface area contributed by atoms with Gasteiger partial charge in [0.15, 0.2) is 0 Å². The Labute approximate surface area is 100 Å². The van der Waals surface area contributed by atoms with Gasteiger partial charge in [-0.1, -0.05) is 0 Å². The predicted octanol–water partition coefficient (Wildman–Crippen LogP) is 0.870. The Bertz CT molecular complexity index is 199. The highest BCUT2D eigenvalue weighted by Gasteiger charge is 2.20. The van der Waals surface area contributed by atoms with E-state index >= 15 is 0 Å². The highest BCUT2D eigenvalue weighted by atomic mass is 15.1. The Hall–Kier alpha value is -0.120. The van der Waals surface area contributed by atoms with Gasteiger partial charge in [-0.2, -0.15) is 0 Å². The first-order valence-corrected chi connectivity index (χ1v) is 6.82. The first-order valence-electron chi connectivity index (χ1n) is 6.82. The number of hydrogen-bond acceptors (Lipinski definition) is 3. The van der Waals surface area contributed by atoms with Gasteiger partial charge in [-0.25, -0.2) is 0 Å². The van der Waals surface area contributed by atoms with Crippen LogP contribution in [0.25, 0.3) is 0 Å². The summed E-state index contributed by atoms with van der Waals surface area (Å²) in [6.07, 6.45) is 4.15. The van der Waals surface area contributed by atoms with E-state index in [2.05, 4.69) is 29.2 Å². The fourth-order valence-corrected chi connectivity index (χ4v) is 2.95. The second kappa shape index (κ2) is 5.99. The second-order valence-electron chi connectivity index (χ2n) is 5.82. The normalized spacial score (nSPS) is 30.0. The van der Waals surface area contributed by atoms with E-state index in [1.54, 1.807) is 0 Å². The molecule has 0 aromatic heterocycles. The van der Waals surface area contributed by atoms with Crippen LogP contribution in [-0.4, -0.2) is 63.2 Å². The highest BCUT2D eigenvalue weighted by molar-refractivity contribution is 4.76. The van der Waals surface area contributed by atoms with Crippen molar-refractivity contribution >= 4 is 0 Å². The SMILES string of the molecule is CN1CCC(CNCC2CCN(C)C2)CC1. The topological polar surface area (TPSA) is 18.5 Å². The molecule has 0 radical (unpaired) electrons. The molecule has 0 aromatic carbocycles. The fraction of sp³-hybridized carbons (Fsp3) is 1.00. The Morgan fingerprint density at radius 2 is 1.44 bits per heavy atom. The van der Waals surface area contributed by atoms with Crippen LogP contribution in [0.1, 0.15) is 19.3 Å². The van der Waals surface area contributed by atoms with Crippen LogP contribution in [0.2, 0.25) is 0 Å². The molecule has 2 saturated heterocycles. The molecular weight excluding hydrogens is 198 g/mol. The number of likely N-dealkylation sites (tertiary alicyclic amines) is 2. The van der Waals surface area contributed by atoms with Crippen LogP contribution in [-0.2, 0) is 0 Å². The molecule has 2 heterocycles. The lowest BCUT2D eigenvalue weighted by molar-refractivity contribution is 0.214. The molecule has 0 aromatic rings. The van der Waals surface area contributed by atoms with Gasteiger partial charge in [0, 0.05) is 6.54 Å². The molecule has 94 valence electrons. The molecular formula is C13H27N3. The Morgan fingerprint density at radius 1 is 0.875 bits per heavy atom. The standard InChI is InChI=1S/C13H27N3/c1-15-6-3-12(4-7-15)9-14-10-13-5-8-16(2)11-13/h12-14H,3-11H2,1-2H3. The summed E-state index contributed by atoms with van der Waals surface area (Å²) in [7, 11) is 4.47. The van der Waals surface area contributed by atoms with Gasteiger partial charge in [-0.3, -0.25) is 0 Å². The Balaban J connectivity index is 1.54. The highest BCUT2D eigenvalue weighted by Crippen LogP contribution is 2.16. The van der Waals surface area contributed by atoms with Crippen molar-refractivity contribution < 1.29 is 0 Å². The third-order valence-electron chi connectivity index (χ3n) is 4.19. The first-order chi connectivity index (χ1) is 7.74. The third kappa shape index (κ3) is 3.72. The third-order valence-corrected chi connectivity index (χ3v) is 4.19. The minimum atomic E-state index is 0.899. The van der Waals surface area contributed by atoms with Crippen molar-refractivity contribution in [1.82, 2.24) is 15.1 Å². The van der Waals surface area contributed by atoms with E-state index in [4.69, 9.17) is 0 Å². The summed E-state index contributed by atoms with van der Waals surface area (Å²) < 4.78 is 0. The summed E-state index contributed by atoms with van der Waals surface area (Å²) in [6.45, 7) is 7.64. The maximum absolute atomic E-state index is 3.69. The van der Waals surface area contributed by atoms with E-state index in [9.17, 15) is 0 Å². The molecule has 0 saturated carbocycles. The molecule has 2 aliphatic heterocycles. The largest absolute Gasteiger partial charge is 0.316 e. The van der Waals surface area contributed by atoms with Gasteiger partial charge in [0.1, 0.15) is 0 Å². The lowest BCUT2D eigenvalue weighted by Crippen LogP contribution is -2.36. The molecule has 16 heavy (non-hydrogen) atoms. The zero-order chi connectivity index (χ0) is 11.4. The molecule has 3 nitrogen and oxygen atoms in total. The Morgan fingerprint density at radius 3 is 2.06 bits per heavy atom. The van der Waals surface area contributed by atoms with Crippen molar-refractivity contribution in [3.63, 3.8) is 0 Å². The first kappa shape index (κ1) is 12.3. The van der Waals surface area contributed by atoms with E-state index in [0.29, 0.717) is 0 Å². The molecule has 2 rings (SSSR count). The smallest absolute Gasteiger partial charge is 0.00192 e. The number of nitrogens with one attached hydrogen (secondary N) is 1. The minimum absolute atomic E-state index is 0.899. The molecule has 2 aliphatic rings. The van der Waals surface area contributed by atoms with Crippen molar-refractivity contribution in [2.75, 3.05) is 53.4 Å².